The van der Waals surface area contributed by atoms with Crippen LogP contribution in [0.25, 0.3) is 0 Å². The van der Waals surface area contributed by atoms with Gasteiger partial charge in [0.25, 0.3) is 5.91 Å². The molecule has 0 aliphatic carbocycles. The van der Waals surface area contributed by atoms with E-state index in [1.807, 2.05) is 24.3 Å². The molecule has 0 saturated heterocycles. The number of carbonyl (C=O) groups is 1. The highest BCUT2D eigenvalue weighted by molar-refractivity contribution is 6.05. The van der Waals surface area contributed by atoms with Crippen LogP contribution >= 0.6 is 0 Å². The van der Waals surface area contributed by atoms with Crippen LogP contribution in [0.15, 0.2) is 60.7 Å². The van der Waals surface area contributed by atoms with Crippen LogP contribution in [0.2, 0.25) is 0 Å². The van der Waals surface area contributed by atoms with Crippen molar-refractivity contribution in [2.75, 3.05) is 32.0 Å². The number of methoxy groups -OCH3 is 3. The first kappa shape index (κ1) is 20.9. The van der Waals surface area contributed by atoms with Gasteiger partial charge in [-0.1, -0.05) is 24.3 Å². The second-order valence-corrected chi connectivity index (χ2v) is 6.44. The molecule has 0 saturated carbocycles. The molecule has 0 atom stereocenters. The average molecular weight is 408 g/mol. The average Bonchev–Trinajstić information content (AvgIpc) is 2.78. The number of phenolic OH excluding ortho intramolecular Hbond substituents is 1. The topological polar surface area (TPSA) is 89.1 Å². The van der Waals surface area contributed by atoms with E-state index in [9.17, 15) is 9.90 Å². The van der Waals surface area contributed by atoms with E-state index in [2.05, 4.69) is 10.6 Å². The lowest BCUT2D eigenvalue weighted by molar-refractivity contribution is 0.102. The van der Waals surface area contributed by atoms with Crippen LogP contribution in [0.1, 0.15) is 15.9 Å². The minimum absolute atomic E-state index is 0.0250. The van der Waals surface area contributed by atoms with Gasteiger partial charge in [-0.15, -0.1) is 0 Å². The number of benzene rings is 3. The smallest absolute Gasteiger partial charge is 0.255 e. The van der Waals surface area contributed by atoms with Crippen molar-refractivity contribution in [2.45, 2.75) is 6.54 Å². The molecule has 7 heteroatoms. The Bertz CT molecular complexity index is 993. The quantitative estimate of drug-likeness (QED) is 0.482. The van der Waals surface area contributed by atoms with E-state index >= 15 is 0 Å². The van der Waals surface area contributed by atoms with E-state index in [1.54, 1.807) is 51.7 Å². The van der Waals surface area contributed by atoms with Crippen LogP contribution in [-0.4, -0.2) is 32.3 Å². The van der Waals surface area contributed by atoms with E-state index < -0.39 is 0 Å². The summed E-state index contributed by atoms with van der Waals surface area (Å²) in [5.41, 5.74) is 2.67. The number of aromatic hydroxyl groups is 1. The first-order valence-electron chi connectivity index (χ1n) is 9.28. The molecule has 0 aliphatic rings. The van der Waals surface area contributed by atoms with Gasteiger partial charge in [-0.25, -0.2) is 0 Å². The lowest BCUT2D eigenvalue weighted by Gasteiger charge is -2.15. The predicted molar refractivity (Wildman–Crippen MR) is 116 cm³/mol. The molecule has 0 bridgehead atoms. The predicted octanol–water partition coefficient (Wildman–Crippen LogP) is 4.28. The highest BCUT2D eigenvalue weighted by Crippen LogP contribution is 2.40. The zero-order valence-electron chi connectivity index (χ0n) is 17.1. The number of hydrogen-bond acceptors (Lipinski definition) is 6. The van der Waals surface area contributed by atoms with Gasteiger partial charge in [0.05, 0.1) is 27.0 Å². The van der Waals surface area contributed by atoms with Crippen molar-refractivity contribution in [3.8, 4) is 23.0 Å². The van der Waals surface area contributed by atoms with Gasteiger partial charge in [0.15, 0.2) is 11.5 Å². The van der Waals surface area contributed by atoms with Crippen molar-refractivity contribution in [1.29, 1.82) is 0 Å². The fourth-order valence-corrected chi connectivity index (χ4v) is 2.94. The molecule has 0 fully saturated rings. The second kappa shape index (κ2) is 9.56. The standard InChI is InChI=1S/C23H24N2O5/c1-28-20-12-17(13-21(29-2)22(20)30-3)24-14-15-8-10-16(11-9-15)23(27)25-18-6-4-5-7-19(18)26/h4-13,24,26H,14H2,1-3H3,(H,25,27). The Balaban J connectivity index is 1.66. The van der Waals surface area contributed by atoms with Crippen LogP contribution < -0.4 is 24.8 Å². The van der Waals surface area contributed by atoms with Crippen LogP contribution in [-0.2, 0) is 6.54 Å². The van der Waals surface area contributed by atoms with Crippen molar-refractivity contribution >= 4 is 17.3 Å². The summed E-state index contributed by atoms with van der Waals surface area (Å²) < 4.78 is 16.1. The number of amides is 1. The number of ether oxygens (including phenoxy) is 3. The summed E-state index contributed by atoms with van der Waals surface area (Å²) in [4.78, 5) is 12.4. The molecule has 3 aromatic rings. The molecule has 156 valence electrons. The maximum Gasteiger partial charge on any atom is 0.255 e. The summed E-state index contributed by atoms with van der Waals surface area (Å²) in [7, 11) is 4.70. The van der Waals surface area contributed by atoms with Gasteiger partial charge in [-0.05, 0) is 29.8 Å². The van der Waals surface area contributed by atoms with E-state index in [0.29, 0.717) is 35.0 Å². The monoisotopic (exact) mass is 408 g/mol. The number of para-hydroxylation sites is 2. The summed E-state index contributed by atoms with van der Waals surface area (Å²) in [5, 5.41) is 15.8. The zero-order valence-corrected chi connectivity index (χ0v) is 17.1. The van der Waals surface area contributed by atoms with Crippen LogP contribution in [0.4, 0.5) is 11.4 Å². The lowest BCUT2D eigenvalue weighted by atomic mass is 10.1. The Morgan fingerprint density at radius 2 is 1.53 bits per heavy atom. The number of phenols is 1. The maximum absolute atomic E-state index is 12.4. The zero-order chi connectivity index (χ0) is 21.5. The van der Waals surface area contributed by atoms with Gasteiger partial charge in [0.1, 0.15) is 5.75 Å². The normalized spacial score (nSPS) is 10.2. The van der Waals surface area contributed by atoms with Gasteiger partial charge >= 0.3 is 0 Å². The van der Waals surface area contributed by atoms with Gasteiger partial charge in [0.2, 0.25) is 5.75 Å². The molecule has 30 heavy (non-hydrogen) atoms. The van der Waals surface area contributed by atoms with E-state index in [-0.39, 0.29) is 11.7 Å². The molecular weight excluding hydrogens is 384 g/mol. The first-order chi connectivity index (χ1) is 14.5. The Morgan fingerprint density at radius 1 is 0.900 bits per heavy atom. The van der Waals surface area contributed by atoms with Crippen LogP contribution in [0, 0.1) is 0 Å². The van der Waals surface area contributed by atoms with E-state index in [0.717, 1.165) is 11.3 Å². The Kier molecular flexibility index (Phi) is 6.64. The third-order valence-electron chi connectivity index (χ3n) is 4.53. The number of carbonyl (C=O) groups excluding carboxylic acids is 1. The van der Waals surface area contributed by atoms with Crippen molar-refractivity contribution in [3.63, 3.8) is 0 Å². The second-order valence-electron chi connectivity index (χ2n) is 6.44. The Labute approximate surface area is 175 Å². The maximum atomic E-state index is 12.4. The summed E-state index contributed by atoms with van der Waals surface area (Å²) in [6.07, 6.45) is 0. The molecule has 7 nitrogen and oxygen atoms in total. The van der Waals surface area contributed by atoms with Crippen molar-refractivity contribution in [1.82, 2.24) is 0 Å². The molecule has 1 amide bonds. The number of hydrogen-bond donors (Lipinski definition) is 3. The van der Waals surface area contributed by atoms with Gasteiger partial charge in [-0.3, -0.25) is 4.79 Å². The van der Waals surface area contributed by atoms with Gasteiger partial charge in [-0.2, -0.15) is 0 Å². The van der Waals surface area contributed by atoms with Gasteiger partial charge in [0, 0.05) is 29.9 Å². The van der Waals surface area contributed by atoms with Crippen LogP contribution in [0.5, 0.6) is 23.0 Å². The number of anilines is 2. The Morgan fingerprint density at radius 3 is 2.10 bits per heavy atom. The largest absolute Gasteiger partial charge is 0.506 e. The minimum atomic E-state index is -0.291. The third kappa shape index (κ3) is 4.75. The minimum Gasteiger partial charge on any atom is -0.506 e. The summed E-state index contributed by atoms with van der Waals surface area (Å²) in [5.74, 6) is 1.40. The molecule has 0 aliphatic heterocycles. The van der Waals surface area contributed by atoms with E-state index in [4.69, 9.17) is 14.2 Å². The molecule has 0 aromatic heterocycles. The summed E-state index contributed by atoms with van der Waals surface area (Å²) >= 11 is 0. The van der Waals surface area contributed by atoms with Crippen molar-refractivity contribution in [2.24, 2.45) is 0 Å². The van der Waals surface area contributed by atoms with Crippen LogP contribution in [0.3, 0.4) is 0 Å². The SMILES string of the molecule is COc1cc(NCc2ccc(C(=O)Nc3ccccc3O)cc2)cc(OC)c1OC. The Hall–Kier alpha value is -3.87. The highest BCUT2D eigenvalue weighted by atomic mass is 16.5. The molecule has 3 N–H and O–H groups in total. The summed E-state index contributed by atoms with van der Waals surface area (Å²) in [6.45, 7) is 0.542. The molecule has 0 heterocycles. The first-order valence-corrected chi connectivity index (χ1v) is 9.28. The molecule has 0 spiro atoms. The lowest BCUT2D eigenvalue weighted by Crippen LogP contribution is -2.12. The van der Waals surface area contributed by atoms with Crippen molar-refractivity contribution in [3.05, 3.63) is 71.8 Å². The summed E-state index contributed by atoms with van der Waals surface area (Å²) in [6, 6.07) is 17.5. The fourth-order valence-electron chi connectivity index (χ4n) is 2.94. The number of nitrogens with one attached hydrogen (secondary N) is 2. The fraction of sp³-hybridized carbons (Fsp3) is 0.174. The molecule has 3 rings (SSSR count). The van der Waals surface area contributed by atoms with Gasteiger partial charge < -0.3 is 30.0 Å². The molecule has 0 unspecified atom stereocenters. The van der Waals surface area contributed by atoms with E-state index in [1.165, 1.54) is 6.07 Å². The van der Waals surface area contributed by atoms with Crippen molar-refractivity contribution < 1.29 is 24.1 Å². The third-order valence-corrected chi connectivity index (χ3v) is 4.53. The number of rotatable bonds is 8. The molecule has 0 radical (unpaired) electrons. The highest BCUT2D eigenvalue weighted by Gasteiger charge is 2.13. The molecular formula is C23H24N2O5. The molecule has 3 aromatic carbocycles.